The number of hydrogen-bond donors (Lipinski definition) is 1. The van der Waals surface area contributed by atoms with Crippen molar-refractivity contribution in [2.24, 2.45) is 0 Å². The summed E-state index contributed by atoms with van der Waals surface area (Å²) in [6.45, 7) is 4.57. The number of nitrogens with zero attached hydrogens (tertiary/aromatic N) is 2. The smallest absolute Gasteiger partial charge is 0.271 e. The minimum absolute atomic E-state index is 0.169. The van der Waals surface area contributed by atoms with E-state index in [0.717, 1.165) is 42.7 Å². The van der Waals surface area contributed by atoms with Gasteiger partial charge in [-0.15, -0.1) is 0 Å². The molecular weight excluding hydrogens is 317 g/mol. The molecule has 6 nitrogen and oxygen atoms in total. The monoisotopic (exact) mass is 339 g/mol. The van der Waals surface area contributed by atoms with Crippen LogP contribution in [0.3, 0.4) is 0 Å². The third-order valence-corrected chi connectivity index (χ3v) is 5.33. The Labute approximate surface area is 148 Å². The molecule has 0 aromatic heterocycles. The van der Waals surface area contributed by atoms with E-state index in [1.54, 1.807) is 0 Å². The van der Waals surface area contributed by atoms with Gasteiger partial charge in [-0.1, -0.05) is 13.0 Å². The van der Waals surface area contributed by atoms with Crippen molar-refractivity contribution < 1.29 is 14.3 Å². The van der Waals surface area contributed by atoms with E-state index in [-0.39, 0.29) is 18.0 Å². The van der Waals surface area contributed by atoms with Crippen LogP contribution < -0.4 is 15.0 Å². The summed E-state index contributed by atoms with van der Waals surface area (Å²) in [4.78, 5) is 24.2. The maximum atomic E-state index is 11.6. The molecule has 130 valence electrons. The van der Waals surface area contributed by atoms with Crippen LogP contribution in [0.1, 0.15) is 25.3 Å². The summed E-state index contributed by atoms with van der Waals surface area (Å²) in [5.41, 5.74) is 2.02. The van der Waals surface area contributed by atoms with Crippen molar-refractivity contribution in [1.82, 2.24) is 5.32 Å². The topological polar surface area (TPSA) is 82.4 Å². The number of anilines is 1. The van der Waals surface area contributed by atoms with Crippen molar-refractivity contribution in [3.05, 3.63) is 23.8 Å². The Morgan fingerprint density at radius 1 is 1.48 bits per heavy atom. The van der Waals surface area contributed by atoms with Crippen molar-refractivity contribution >= 4 is 24.7 Å². The number of rotatable bonds is 5. The zero-order chi connectivity index (χ0) is 17.9. The summed E-state index contributed by atoms with van der Waals surface area (Å²) in [7, 11) is 0. The number of benzene rings is 1. The van der Waals surface area contributed by atoms with Crippen LogP contribution in [0.2, 0.25) is 12.6 Å². The summed E-state index contributed by atoms with van der Waals surface area (Å²) in [5, 5.41) is 11.2. The molecule has 0 spiro atoms. The molecule has 1 unspecified atom stereocenters. The molecule has 0 aliphatic carbocycles. The molecule has 1 N–H and O–H groups in total. The van der Waals surface area contributed by atoms with Gasteiger partial charge in [0.15, 0.2) is 0 Å². The highest BCUT2D eigenvalue weighted by atomic mass is 16.5. The first-order valence-electron chi connectivity index (χ1n) is 8.70. The molecule has 2 aliphatic rings. The Hall–Kier alpha value is -2.49. The molecule has 1 fully saturated rings. The van der Waals surface area contributed by atoms with Crippen molar-refractivity contribution in [1.29, 1.82) is 5.26 Å². The van der Waals surface area contributed by atoms with E-state index in [1.807, 2.05) is 0 Å². The van der Waals surface area contributed by atoms with Crippen LogP contribution in [-0.4, -0.2) is 38.7 Å². The first kappa shape index (κ1) is 17.3. The van der Waals surface area contributed by atoms with E-state index in [1.165, 1.54) is 0 Å². The largest absolute Gasteiger partial charge is 0.492 e. The lowest BCUT2D eigenvalue weighted by molar-refractivity contribution is -0.125. The average Bonchev–Trinajstić information content (AvgIpc) is 2.97. The van der Waals surface area contributed by atoms with Gasteiger partial charge in [-0.25, -0.2) is 5.26 Å². The van der Waals surface area contributed by atoms with E-state index in [2.05, 4.69) is 41.3 Å². The molecule has 2 aliphatic heterocycles. The maximum absolute atomic E-state index is 11.6. The Balaban J connectivity index is 1.69. The Morgan fingerprint density at radius 3 is 2.92 bits per heavy atom. The van der Waals surface area contributed by atoms with Gasteiger partial charge < -0.3 is 9.64 Å². The fraction of sp³-hybridized carbons (Fsp3) is 0.500. The van der Waals surface area contributed by atoms with Gasteiger partial charge in [-0.2, -0.15) is 0 Å². The summed E-state index contributed by atoms with van der Waals surface area (Å²) in [6.07, 6.45) is 3.15. The lowest BCUT2D eigenvalue weighted by atomic mass is 9.45. The van der Waals surface area contributed by atoms with Gasteiger partial charge in [0.2, 0.25) is 12.3 Å². The van der Waals surface area contributed by atoms with Gasteiger partial charge in [-0.3, -0.25) is 14.9 Å². The molecule has 0 saturated carbocycles. The van der Waals surface area contributed by atoms with Crippen LogP contribution in [0, 0.1) is 11.2 Å². The van der Waals surface area contributed by atoms with Crippen LogP contribution in [-0.2, 0) is 15.0 Å². The molecule has 2 amide bonds. The highest BCUT2D eigenvalue weighted by molar-refractivity contribution is 6.67. The molecule has 2 heterocycles. The van der Waals surface area contributed by atoms with Crippen molar-refractivity contribution in [3.63, 3.8) is 0 Å². The van der Waals surface area contributed by atoms with Gasteiger partial charge in [0, 0.05) is 48.2 Å². The second-order valence-corrected chi connectivity index (χ2v) is 7.11. The highest BCUT2D eigenvalue weighted by Crippen LogP contribution is 2.43. The molecule has 1 saturated heterocycles. The number of ether oxygens (including phenoxy) is 1. The SMILES string of the molecule is CC1(CCC(=O)NC=O)COc2cc(N3CCB(C#N)CC3)ccc21. The number of imide groups is 1. The summed E-state index contributed by atoms with van der Waals surface area (Å²) < 4.78 is 5.90. The van der Waals surface area contributed by atoms with Crippen molar-refractivity contribution in [3.8, 4) is 11.7 Å². The van der Waals surface area contributed by atoms with Gasteiger partial charge in [-0.05, 0) is 25.1 Å². The van der Waals surface area contributed by atoms with E-state index in [0.29, 0.717) is 25.9 Å². The van der Waals surface area contributed by atoms with Crippen LogP contribution in [0.25, 0.3) is 0 Å². The summed E-state index contributed by atoms with van der Waals surface area (Å²) >= 11 is 0. The zero-order valence-corrected chi connectivity index (χ0v) is 14.5. The normalized spacial score (nSPS) is 21.9. The molecule has 0 radical (unpaired) electrons. The highest BCUT2D eigenvalue weighted by Gasteiger charge is 2.37. The zero-order valence-electron chi connectivity index (χ0n) is 14.5. The van der Waals surface area contributed by atoms with Crippen molar-refractivity contribution in [2.75, 3.05) is 24.6 Å². The Kier molecular flexibility index (Phi) is 4.98. The standard InChI is InChI=1S/C18H22BN3O3/c1-18(5-4-17(24)21-13-23)11-25-16-10-14(2-3-15(16)18)22-8-6-19(12-20)7-9-22/h2-3,10,13H,4-9,11H2,1H3,(H,21,23,24). The average molecular weight is 339 g/mol. The van der Waals surface area contributed by atoms with Crippen LogP contribution in [0.15, 0.2) is 18.2 Å². The molecular formula is C18H22BN3O3. The van der Waals surface area contributed by atoms with E-state index >= 15 is 0 Å². The minimum atomic E-state index is -0.262. The third-order valence-electron chi connectivity index (χ3n) is 5.33. The maximum Gasteiger partial charge on any atom is 0.271 e. The van der Waals surface area contributed by atoms with Gasteiger partial charge in [0.25, 0.3) is 6.71 Å². The van der Waals surface area contributed by atoms with Gasteiger partial charge in [0.05, 0.1) is 6.61 Å². The van der Waals surface area contributed by atoms with Gasteiger partial charge >= 0.3 is 0 Å². The molecule has 3 rings (SSSR count). The molecule has 0 bridgehead atoms. The number of hydrogen-bond acceptors (Lipinski definition) is 5. The fourth-order valence-corrected chi connectivity index (χ4v) is 3.64. The third kappa shape index (κ3) is 3.63. The summed E-state index contributed by atoms with van der Waals surface area (Å²) in [6, 6.07) is 6.26. The number of carbonyl (C=O) groups excluding carboxylic acids is 2. The van der Waals surface area contributed by atoms with Gasteiger partial charge in [0.1, 0.15) is 5.75 Å². The molecule has 1 atom stereocenters. The van der Waals surface area contributed by atoms with E-state index in [4.69, 9.17) is 10.00 Å². The van der Waals surface area contributed by atoms with Crippen LogP contribution in [0.5, 0.6) is 5.75 Å². The number of fused-ring (bicyclic) bond motifs is 1. The summed E-state index contributed by atoms with van der Waals surface area (Å²) in [5.74, 6) is 2.97. The minimum Gasteiger partial charge on any atom is -0.492 e. The predicted molar refractivity (Wildman–Crippen MR) is 95.9 cm³/mol. The fourth-order valence-electron chi connectivity index (χ4n) is 3.64. The quantitative estimate of drug-likeness (QED) is 0.653. The molecule has 1 aromatic rings. The lowest BCUT2D eigenvalue weighted by Gasteiger charge is -2.30. The Morgan fingerprint density at radius 2 is 2.24 bits per heavy atom. The first-order chi connectivity index (χ1) is 12.1. The molecule has 7 heteroatoms. The number of amides is 2. The van der Waals surface area contributed by atoms with E-state index in [9.17, 15) is 9.59 Å². The lowest BCUT2D eigenvalue weighted by Crippen LogP contribution is -2.36. The van der Waals surface area contributed by atoms with Crippen LogP contribution >= 0.6 is 0 Å². The number of carbonyl (C=O) groups is 2. The van der Waals surface area contributed by atoms with Crippen LogP contribution in [0.4, 0.5) is 5.69 Å². The number of nitrogens with one attached hydrogen (secondary N) is 1. The van der Waals surface area contributed by atoms with Crippen molar-refractivity contribution in [2.45, 2.75) is 37.8 Å². The van der Waals surface area contributed by atoms with E-state index < -0.39 is 0 Å². The molecule has 1 aromatic carbocycles. The second kappa shape index (κ2) is 7.18. The number of nitriles is 1. The first-order valence-corrected chi connectivity index (χ1v) is 8.70. The Bertz CT molecular complexity index is 710. The molecule has 25 heavy (non-hydrogen) atoms. The predicted octanol–water partition coefficient (Wildman–Crippen LogP) is 1.77. The second-order valence-electron chi connectivity index (χ2n) is 7.11.